The van der Waals surface area contributed by atoms with E-state index in [9.17, 15) is 4.79 Å². The fourth-order valence-corrected chi connectivity index (χ4v) is 0.980. The average molecular weight is 211 g/mol. The second kappa shape index (κ2) is 5.26. The number of aromatic nitrogens is 2. The Hall–Kier alpha value is -1.69. The Labute approximate surface area is 87.5 Å². The van der Waals surface area contributed by atoms with Gasteiger partial charge in [0.2, 0.25) is 5.95 Å². The van der Waals surface area contributed by atoms with Gasteiger partial charge in [-0.2, -0.15) is 0 Å². The number of carboxylic acids is 1. The number of carboxylic acid groups (broad SMARTS) is 1. The summed E-state index contributed by atoms with van der Waals surface area (Å²) in [5, 5.41) is 8.73. The molecule has 82 valence electrons. The van der Waals surface area contributed by atoms with Gasteiger partial charge in [0, 0.05) is 26.9 Å². The lowest BCUT2D eigenvalue weighted by Gasteiger charge is -2.15. The van der Waals surface area contributed by atoms with E-state index in [1.165, 1.54) is 12.3 Å². The van der Waals surface area contributed by atoms with Crippen LogP contribution in [-0.2, 0) is 4.74 Å². The smallest absolute Gasteiger partial charge is 0.354 e. The minimum absolute atomic E-state index is 0.00994. The second-order valence-corrected chi connectivity index (χ2v) is 2.96. The van der Waals surface area contributed by atoms with E-state index < -0.39 is 5.97 Å². The molecular weight excluding hydrogens is 198 g/mol. The number of methoxy groups -OCH3 is 1. The van der Waals surface area contributed by atoms with E-state index in [1.54, 1.807) is 19.1 Å². The van der Waals surface area contributed by atoms with Crippen molar-refractivity contribution in [2.45, 2.75) is 0 Å². The van der Waals surface area contributed by atoms with E-state index in [2.05, 4.69) is 9.97 Å². The monoisotopic (exact) mass is 211 g/mol. The summed E-state index contributed by atoms with van der Waals surface area (Å²) in [6, 6.07) is 1.36. The van der Waals surface area contributed by atoms with Crippen LogP contribution in [0.5, 0.6) is 0 Å². The number of likely N-dealkylation sites (N-methyl/N-ethyl adjacent to an activating group) is 1. The first-order valence-corrected chi connectivity index (χ1v) is 4.41. The summed E-state index contributed by atoms with van der Waals surface area (Å²) in [4.78, 5) is 20.2. The maximum Gasteiger partial charge on any atom is 0.354 e. The van der Waals surface area contributed by atoms with E-state index in [-0.39, 0.29) is 5.69 Å². The van der Waals surface area contributed by atoms with Crippen molar-refractivity contribution in [3.63, 3.8) is 0 Å². The summed E-state index contributed by atoms with van der Waals surface area (Å²) in [6.45, 7) is 1.15. The molecular formula is C9H13N3O3. The minimum Gasteiger partial charge on any atom is -0.477 e. The normalized spacial score (nSPS) is 10.0. The van der Waals surface area contributed by atoms with Gasteiger partial charge in [-0.1, -0.05) is 0 Å². The molecule has 0 radical (unpaired) electrons. The van der Waals surface area contributed by atoms with E-state index in [0.29, 0.717) is 19.1 Å². The van der Waals surface area contributed by atoms with Crippen LogP contribution in [0.2, 0.25) is 0 Å². The summed E-state index contributed by atoms with van der Waals surface area (Å²) in [5.74, 6) is -0.675. The maximum atomic E-state index is 10.7. The van der Waals surface area contributed by atoms with Gasteiger partial charge < -0.3 is 14.7 Å². The molecule has 1 heterocycles. The zero-order valence-corrected chi connectivity index (χ0v) is 8.67. The standard InChI is InChI=1S/C9H13N3O3/c1-12(5-6-15-2)9-10-4-3-7(11-9)8(13)14/h3-4H,5-6H2,1-2H3,(H,13,14). The SMILES string of the molecule is COCCN(C)c1nccc(C(=O)O)n1. The molecule has 0 atom stereocenters. The van der Waals surface area contributed by atoms with Gasteiger partial charge in [-0.05, 0) is 6.07 Å². The van der Waals surface area contributed by atoms with Crippen LogP contribution in [0.1, 0.15) is 10.5 Å². The molecule has 0 amide bonds. The van der Waals surface area contributed by atoms with Gasteiger partial charge in [0.25, 0.3) is 0 Å². The molecule has 0 aliphatic heterocycles. The molecule has 1 rings (SSSR count). The van der Waals surface area contributed by atoms with Crippen LogP contribution in [0.25, 0.3) is 0 Å². The number of hydrogen-bond acceptors (Lipinski definition) is 5. The lowest BCUT2D eigenvalue weighted by Crippen LogP contribution is -2.24. The van der Waals surface area contributed by atoms with Gasteiger partial charge in [0.05, 0.1) is 6.61 Å². The first-order valence-electron chi connectivity index (χ1n) is 4.41. The second-order valence-electron chi connectivity index (χ2n) is 2.96. The van der Waals surface area contributed by atoms with Gasteiger partial charge in [0.15, 0.2) is 5.69 Å². The van der Waals surface area contributed by atoms with Crippen LogP contribution in [0.4, 0.5) is 5.95 Å². The largest absolute Gasteiger partial charge is 0.477 e. The quantitative estimate of drug-likeness (QED) is 0.752. The first kappa shape index (κ1) is 11.4. The van der Waals surface area contributed by atoms with Crippen LogP contribution in [0.3, 0.4) is 0 Å². The molecule has 0 bridgehead atoms. The zero-order chi connectivity index (χ0) is 11.3. The zero-order valence-electron chi connectivity index (χ0n) is 8.67. The molecule has 0 aliphatic rings. The van der Waals surface area contributed by atoms with Crippen molar-refractivity contribution >= 4 is 11.9 Å². The Kier molecular flexibility index (Phi) is 3.99. The summed E-state index contributed by atoms with van der Waals surface area (Å²) < 4.78 is 4.90. The molecule has 0 unspecified atom stereocenters. The third kappa shape index (κ3) is 3.17. The highest BCUT2D eigenvalue weighted by atomic mass is 16.5. The minimum atomic E-state index is -1.06. The Morgan fingerprint density at radius 1 is 1.67 bits per heavy atom. The molecule has 0 aliphatic carbocycles. The van der Waals surface area contributed by atoms with Crippen molar-refractivity contribution in [2.75, 3.05) is 32.2 Å². The predicted molar refractivity (Wildman–Crippen MR) is 54.1 cm³/mol. The number of hydrogen-bond donors (Lipinski definition) is 1. The Balaban J connectivity index is 2.76. The molecule has 15 heavy (non-hydrogen) atoms. The van der Waals surface area contributed by atoms with E-state index in [0.717, 1.165) is 0 Å². The summed E-state index contributed by atoms with van der Waals surface area (Å²) in [6.07, 6.45) is 1.43. The van der Waals surface area contributed by atoms with Gasteiger partial charge in [0.1, 0.15) is 0 Å². The molecule has 0 saturated heterocycles. The van der Waals surface area contributed by atoms with Gasteiger partial charge in [-0.3, -0.25) is 0 Å². The van der Waals surface area contributed by atoms with Gasteiger partial charge in [-0.15, -0.1) is 0 Å². The highest BCUT2D eigenvalue weighted by molar-refractivity contribution is 5.85. The molecule has 6 nitrogen and oxygen atoms in total. The lowest BCUT2D eigenvalue weighted by atomic mass is 10.4. The Bertz CT molecular complexity index is 343. The van der Waals surface area contributed by atoms with Crippen LogP contribution in [0, 0.1) is 0 Å². The number of rotatable bonds is 5. The number of anilines is 1. The van der Waals surface area contributed by atoms with Crippen LogP contribution >= 0.6 is 0 Å². The molecule has 1 aromatic heterocycles. The maximum absolute atomic E-state index is 10.7. The summed E-state index contributed by atoms with van der Waals surface area (Å²) in [7, 11) is 3.38. The number of nitrogens with zero attached hydrogens (tertiary/aromatic N) is 3. The van der Waals surface area contributed by atoms with Gasteiger partial charge in [-0.25, -0.2) is 14.8 Å². The molecule has 1 N–H and O–H groups in total. The first-order chi connectivity index (χ1) is 7.15. The predicted octanol–water partition coefficient (Wildman–Crippen LogP) is 0.257. The van der Waals surface area contributed by atoms with Gasteiger partial charge >= 0.3 is 5.97 Å². The fourth-order valence-electron chi connectivity index (χ4n) is 0.980. The van der Waals surface area contributed by atoms with Crippen molar-refractivity contribution in [3.05, 3.63) is 18.0 Å². The van der Waals surface area contributed by atoms with Crippen LogP contribution < -0.4 is 4.90 Å². The van der Waals surface area contributed by atoms with Crippen LogP contribution in [0.15, 0.2) is 12.3 Å². The average Bonchev–Trinajstić information content (AvgIpc) is 2.26. The molecule has 0 saturated carbocycles. The van der Waals surface area contributed by atoms with E-state index >= 15 is 0 Å². The Morgan fingerprint density at radius 2 is 2.40 bits per heavy atom. The third-order valence-electron chi connectivity index (χ3n) is 1.83. The summed E-state index contributed by atoms with van der Waals surface area (Å²) in [5.41, 5.74) is -0.00994. The number of ether oxygens (including phenoxy) is 1. The summed E-state index contributed by atoms with van der Waals surface area (Å²) >= 11 is 0. The van der Waals surface area contributed by atoms with Crippen LogP contribution in [-0.4, -0.2) is 48.4 Å². The van der Waals surface area contributed by atoms with Crippen molar-refractivity contribution in [1.29, 1.82) is 0 Å². The topological polar surface area (TPSA) is 75.5 Å². The number of aromatic carboxylic acids is 1. The van der Waals surface area contributed by atoms with Crippen molar-refractivity contribution < 1.29 is 14.6 Å². The fraction of sp³-hybridized carbons (Fsp3) is 0.444. The number of carbonyl (C=O) groups is 1. The molecule has 6 heteroatoms. The molecule has 0 fully saturated rings. The lowest BCUT2D eigenvalue weighted by molar-refractivity contribution is 0.0690. The molecule has 0 spiro atoms. The Morgan fingerprint density at radius 3 is 3.00 bits per heavy atom. The molecule has 0 aromatic carbocycles. The van der Waals surface area contributed by atoms with Crippen molar-refractivity contribution in [2.24, 2.45) is 0 Å². The highest BCUT2D eigenvalue weighted by Gasteiger charge is 2.08. The van der Waals surface area contributed by atoms with E-state index in [1.807, 2.05) is 0 Å². The molecule has 1 aromatic rings. The van der Waals surface area contributed by atoms with Crippen molar-refractivity contribution in [1.82, 2.24) is 9.97 Å². The highest BCUT2D eigenvalue weighted by Crippen LogP contribution is 2.04. The van der Waals surface area contributed by atoms with E-state index in [4.69, 9.17) is 9.84 Å². The third-order valence-corrected chi connectivity index (χ3v) is 1.83. The van der Waals surface area contributed by atoms with Crippen molar-refractivity contribution in [3.8, 4) is 0 Å².